The third-order valence-corrected chi connectivity index (χ3v) is 6.42. The maximum absolute atomic E-state index is 14.2. The lowest BCUT2D eigenvalue weighted by Gasteiger charge is -2.32. The van der Waals surface area contributed by atoms with Crippen molar-refractivity contribution in [2.24, 2.45) is 5.16 Å². The number of hydrogen-bond donors (Lipinski definition) is 1. The van der Waals surface area contributed by atoms with Crippen LogP contribution < -0.4 is 0 Å². The topological polar surface area (TPSA) is 84.2 Å². The van der Waals surface area contributed by atoms with Gasteiger partial charge in [0.05, 0.1) is 16.3 Å². The van der Waals surface area contributed by atoms with Crippen molar-refractivity contribution in [2.75, 3.05) is 13.1 Å². The van der Waals surface area contributed by atoms with Gasteiger partial charge in [-0.25, -0.2) is 18.6 Å². The van der Waals surface area contributed by atoms with Crippen molar-refractivity contribution in [3.63, 3.8) is 0 Å². The van der Waals surface area contributed by atoms with Gasteiger partial charge >= 0.3 is 6.09 Å². The number of amides is 1. The Bertz CT molecular complexity index is 1040. The van der Waals surface area contributed by atoms with Crippen LogP contribution >= 0.6 is 11.3 Å². The van der Waals surface area contributed by atoms with Gasteiger partial charge in [-0.1, -0.05) is 5.16 Å². The number of oxime groups is 1. The van der Waals surface area contributed by atoms with Gasteiger partial charge in [-0.2, -0.15) is 0 Å². The number of phenols is 1. The van der Waals surface area contributed by atoms with Gasteiger partial charge in [0.25, 0.3) is 0 Å². The molecule has 7 nitrogen and oxygen atoms in total. The Balaban J connectivity index is 1.37. The number of carbonyl (C=O) groups excluding carboxylic acids is 1. The summed E-state index contributed by atoms with van der Waals surface area (Å²) in [6.07, 6.45) is 0.442. The minimum Gasteiger partial charge on any atom is -0.505 e. The van der Waals surface area contributed by atoms with E-state index >= 15 is 0 Å². The second-order valence-electron chi connectivity index (χ2n) is 8.94. The van der Waals surface area contributed by atoms with E-state index in [1.165, 1.54) is 11.3 Å². The van der Waals surface area contributed by atoms with Crippen LogP contribution in [0.3, 0.4) is 0 Å². The molecule has 32 heavy (non-hydrogen) atoms. The Morgan fingerprint density at radius 3 is 2.69 bits per heavy atom. The monoisotopic (exact) mass is 465 g/mol. The molecular weight excluding hydrogens is 440 g/mol. The Hall–Kier alpha value is -2.75. The van der Waals surface area contributed by atoms with E-state index < -0.39 is 29.1 Å². The summed E-state index contributed by atoms with van der Waals surface area (Å²) in [5, 5.41) is 16.3. The van der Waals surface area contributed by atoms with Gasteiger partial charge < -0.3 is 19.6 Å². The van der Waals surface area contributed by atoms with E-state index in [0.29, 0.717) is 24.5 Å². The Morgan fingerprint density at radius 1 is 1.28 bits per heavy atom. The smallest absolute Gasteiger partial charge is 0.410 e. The molecule has 0 saturated carbocycles. The van der Waals surface area contributed by atoms with E-state index in [9.17, 15) is 18.7 Å². The van der Waals surface area contributed by atoms with Crippen LogP contribution in [0.15, 0.2) is 22.7 Å². The van der Waals surface area contributed by atoms with E-state index in [4.69, 9.17) is 9.57 Å². The molecule has 10 heteroatoms. The van der Waals surface area contributed by atoms with Gasteiger partial charge in [0, 0.05) is 30.8 Å². The molecule has 1 N–H and O–H groups in total. The van der Waals surface area contributed by atoms with E-state index in [-0.39, 0.29) is 24.0 Å². The molecule has 1 unspecified atom stereocenters. The number of nitrogens with zero attached hydrogens (tertiary/aromatic N) is 3. The SMILES string of the molecule is CC(C)(C)OC(=O)N1CCC(c2nc(C3=NOC(c4c(F)ccc(O)c4F)C3)cs2)CC1. The van der Waals surface area contributed by atoms with Crippen molar-refractivity contribution >= 4 is 23.1 Å². The Kier molecular flexibility index (Phi) is 6.07. The first-order valence-electron chi connectivity index (χ1n) is 10.5. The Labute approximate surface area is 188 Å². The number of likely N-dealkylation sites (tertiary alicyclic amines) is 1. The highest BCUT2D eigenvalue weighted by Crippen LogP contribution is 2.37. The highest BCUT2D eigenvalue weighted by molar-refractivity contribution is 7.10. The first kappa shape index (κ1) is 22.4. The fourth-order valence-electron chi connectivity index (χ4n) is 3.78. The normalized spacial score (nSPS) is 19.6. The van der Waals surface area contributed by atoms with Crippen molar-refractivity contribution in [3.8, 4) is 5.75 Å². The van der Waals surface area contributed by atoms with Crippen LogP contribution in [-0.4, -0.2) is 45.5 Å². The molecule has 1 aromatic heterocycles. The molecule has 2 aromatic rings. The molecule has 1 atom stereocenters. The number of benzene rings is 1. The number of halogens is 2. The molecule has 172 valence electrons. The predicted octanol–water partition coefficient (Wildman–Crippen LogP) is 5.11. The number of ether oxygens (including phenoxy) is 1. The molecule has 2 aliphatic rings. The van der Waals surface area contributed by atoms with Crippen LogP contribution in [0.1, 0.15) is 68.3 Å². The Morgan fingerprint density at radius 2 is 2.00 bits per heavy atom. The minimum absolute atomic E-state index is 0.150. The van der Waals surface area contributed by atoms with Crippen molar-refractivity contribution < 1.29 is 28.3 Å². The first-order valence-corrected chi connectivity index (χ1v) is 11.3. The minimum atomic E-state index is -1.04. The van der Waals surface area contributed by atoms with E-state index in [0.717, 1.165) is 30.0 Å². The predicted molar refractivity (Wildman–Crippen MR) is 115 cm³/mol. The van der Waals surface area contributed by atoms with Crippen LogP contribution in [0, 0.1) is 11.6 Å². The summed E-state index contributed by atoms with van der Waals surface area (Å²) in [5.74, 6) is -2.25. The highest BCUT2D eigenvalue weighted by atomic mass is 32.1. The van der Waals surface area contributed by atoms with E-state index in [2.05, 4.69) is 10.1 Å². The number of aromatic nitrogens is 1. The molecular formula is C22H25F2N3O4S. The summed E-state index contributed by atoms with van der Waals surface area (Å²) in [6.45, 7) is 6.72. The molecule has 0 aliphatic carbocycles. The van der Waals surface area contributed by atoms with E-state index in [1.807, 2.05) is 26.2 Å². The molecule has 1 fully saturated rings. The third kappa shape index (κ3) is 4.69. The second kappa shape index (κ2) is 8.65. The number of hydrogen-bond acceptors (Lipinski definition) is 7. The highest BCUT2D eigenvalue weighted by Gasteiger charge is 2.33. The maximum Gasteiger partial charge on any atom is 0.410 e. The van der Waals surface area contributed by atoms with Crippen LogP contribution in [-0.2, 0) is 9.57 Å². The molecule has 1 aromatic carbocycles. The zero-order valence-corrected chi connectivity index (χ0v) is 18.9. The standard InChI is InChI=1S/C22H25F2N3O4S/c1-22(2,3)30-21(29)27-8-6-12(7-9-27)20-25-15(11-32-20)14-10-17(31-26-14)18-13(23)4-5-16(28)19(18)24/h4-5,11-12,17,28H,6-10H2,1-3H3. The zero-order valence-electron chi connectivity index (χ0n) is 18.1. The number of rotatable bonds is 3. The third-order valence-electron chi connectivity index (χ3n) is 5.41. The first-order chi connectivity index (χ1) is 15.1. The summed E-state index contributed by atoms with van der Waals surface area (Å²) in [5.41, 5.74) is 0.257. The van der Waals surface area contributed by atoms with Crippen LogP contribution in [0.25, 0.3) is 0 Å². The molecule has 1 amide bonds. The molecule has 0 bridgehead atoms. The largest absolute Gasteiger partial charge is 0.505 e. The van der Waals surface area contributed by atoms with Crippen LogP contribution in [0.2, 0.25) is 0 Å². The number of carbonyl (C=O) groups is 1. The average molecular weight is 466 g/mol. The quantitative estimate of drug-likeness (QED) is 0.681. The lowest BCUT2D eigenvalue weighted by Crippen LogP contribution is -2.41. The van der Waals surface area contributed by atoms with Crippen molar-refractivity contribution in [3.05, 3.63) is 45.4 Å². The summed E-state index contributed by atoms with van der Waals surface area (Å²) in [7, 11) is 0. The van der Waals surface area contributed by atoms with E-state index in [1.54, 1.807) is 4.90 Å². The van der Waals surface area contributed by atoms with Gasteiger partial charge in [-0.15, -0.1) is 11.3 Å². The fourth-order valence-corrected chi connectivity index (χ4v) is 4.78. The molecule has 0 radical (unpaired) electrons. The number of phenolic OH excluding ortho intramolecular Hbond substituents is 1. The molecule has 4 rings (SSSR count). The summed E-state index contributed by atoms with van der Waals surface area (Å²) >= 11 is 1.50. The van der Waals surface area contributed by atoms with Gasteiger partial charge in [-0.3, -0.25) is 0 Å². The lowest BCUT2D eigenvalue weighted by molar-refractivity contribution is 0.0204. The molecule has 2 aliphatic heterocycles. The number of thiazole rings is 1. The van der Waals surface area contributed by atoms with Gasteiger partial charge in [0.1, 0.15) is 17.1 Å². The van der Waals surface area contributed by atoms with Crippen molar-refractivity contribution in [1.82, 2.24) is 9.88 Å². The summed E-state index contributed by atoms with van der Waals surface area (Å²) in [6, 6.07) is 1.96. The molecule has 1 saturated heterocycles. The molecule has 3 heterocycles. The summed E-state index contributed by atoms with van der Waals surface area (Å²) < 4.78 is 33.7. The van der Waals surface area contributed by atoms with Crippen LogP contribution in [0.5, 0.6) is 5.75 Å². The number of aromatic hydroxyl groups is 1. The average Bonchev–Trinajstić information content (AvgIpc) is 3.40. The van der Waals surface area contributed by atoms with Gasteiger partial charge in [0.15, 0.2) is 17.7 Å². The lowest BCUT2D eigenvalue weighted by atomic mass is 9.97. The maximum atomic E-state index is 14.2. The number of piperidine rings is 1. The second-order valence-corrected chi connectivity index (χ2v) is 9.83. The zero-order chi connectivity index (χ0) is 23.0. The summed E-state index contributed by atoms with van der Waals surface area (Å²) in [4.78, 5) is 23.9. The van der Waals surface area contributed by atoms with Crippen molar-refractivity contribution in [2.45, 2.75) is 57.7 Å². The molecule has 0 spiro atoms. The van der Waals surface area contributed by atoms with Crippen LogP contribution in [0.4, 0.5) is 13.6 Å². The van der Waals surface area contributed by atoms with Gasteiger partial charge in [0.2, 0.25) is 0 Å². The fraction of sp³-hybridized carbons (Fsp3) is 0.500. The van der Waals surface area contributed by atoms with Crippen molar-refractivity contribution in [1.29, 1.82) is 0 Å². The van der Waals surface area contributed by atoms with Gasteiger partial charge in [-0.05, 0) is 45.7 Å².